The fraction of sp³-hybridized carbons (Fsp3) is 0.391. The largest absolute Gasteiger partial charge is 0.496 e. The molecule has 0 radical (unpaired) electrons. The third-order valence-electron chi connectivity index (χ3n) is 5.11. The molecule has 154 valence electrons. The van der Waals surface area contributed by atoms with Gasteiger partial charge in [0.05, 0.1) is 25.3 Å². The summed E-state index contributed by atoms with van der Waals surface area (Å²) in [5.41, 5.74) is 2.13. The summed E-state index contributed by atoms with van der Waals surface area (Å²) in [7, 11) is 3.17. The molecule has 0 unspecified atom stereocenters. The summed E-state index contributed by atoms with van der Waals surface area (Å²) in [4.78, 5) is 23.4. The van der Waals surface area contributed by atoms with Gasteiger partial charge in [-0.3, -0.25) is 9.59 Å². The predicted octanol–water partition coefficient (Wildman–Crippen LogP) is 4.88. The van der Waals surface area contributed by atoms with E-state index in [1.165, 1.54) is 26.7 Å². The van der Waals surface area contributed by atoms with E-state index in [4.69, 9.17) is 18.9 Å². The maximum absolute atomic E-state index is 11.7. The highest BCUT2D eigenvalue weighted by Gasteiger charge is 2.28. The number of carbonyl (C=O) groups is 2. The number of esters is 2. The number of methoxy groups -OCH3 is 2. The lowest BCUT2D eigenvalue weighted by Gasteiger charge is -2.22. The van der Waals surface area contributed by atoms with Gasteiger partial charge in [-0.15, -0.1) is 0 Å². The monoisotopic (exact) mass is 398 g/mol. The molecule has 1 saturated carbocycles. The molecular weight excluding hydrogens is 372 g/mol. The summed E-state index contributed by atoms with van der Waals surface area (Å²) in [6, 6.07) is 8.89. The van der Waals surface area contributed by atoms with Crippen LogP contribution in [0.1, 0.15) is 51.0 Å². The van der Waals surface area contributed by atoms with Crippen LogP contribution in [0.3, 0.4) is 0 Å². The van der Waals surface area contributed by atoms with Crippen molar-refractivity contribution in [2.75, 3.05) is 14.2 Å². The molecule has 1 fully saturated rings. The van der Waals surface area contributed by atoms with Gasteiger partial charge in [-0.1, -0.05) is 25.0 Å². The zero-order chi connectivity index (χ0) is 21.0. The Balaban J connectivity index is 2.31. The first-order valence-corrected chi connectivity index (χ1v) is 9.71. The molecule has 2 aromatic carbocycles. The Morgan fingerprint density at radius 1 is 0.793 bits per heavy atom. The van der Waals surface area contributed by atoms with Gasteiger partial charge < -0.3 is 18.9 Å². The molecule has 0 atom stereocenters. The van der Waals surface area contributed by atoms with Gasteiger partial charge in [-0.05, 0) is 42.5 Å². The number of hydrogen-bond donors (Lipinski definition) is 0. The quantitative estimate of drug-likeness (QED) is 0.510. The third kappa shape index (κ3) is 4.36. The molecule has 0 heterocycles. The van der Waals surface area contributed by atoms with Crippen LogP contribution in [0.5, 0.6) is 23.0 Å². The van der Waals surface area contributed by atoms with Crippen LogP contribution >= 0.6 is 0 Å². The Morgan fingerprint density at radius 3 is 1.86 bits per heavy atom. The second-order valence-corrected chi connectivity index (χ2v) is 7.06. The van der Waals surface area contributed by atoms with Gasteiger partial charge in [0.1, 0.15) is 23.0 Å². The second-order valence-electron chi connectivity index (χ2n) is 7.06. The smallest absolute Gasteiger partial charge is 0.308 e. The van der Waals surface area contributed by atoms with Crippen molar-refractivity contribution in [3.8, 4) is 34.1 Å². The van der Waals surface area contributed by atoms with Gasteiger partial charge >= 0.3 is 11.9 Å². The van der Waals surface area contributed by atoms with Crippen molar-refractivity contribution >= 4 is 11.9 Å². The zero-order valence-corrected chi connectivity index (χ0v) is 17.2. The lowest BCUT2D eigenvalue weighted by atomic mass is 9.91. The minimum Gasteiger partial charge on any atom is -0.496 e. The van der Waals surface area contributed by atoms with Crippen LogP contribution in [-0.4, -0.2) is 26.2 Å². The van der Waals surface area contributed by atoms with Gasteiger partial charge in [-0.2, -0.15) is 0 Å². The van der Waals surface area contributed by atoms with Gasteiger partial charge in [0.2, 0.25) is 0 Å². The highest BCUT2D eigenvalue weighted by molar-refractivity contribution is 5.89. The molecule has 1 aliphatic rings. The molecule has 6 nitrogen and oxygen atoms in total. The zero-order valence-electron chi connectivity index (χ0n) is 17.2. The Kier molecular flexibility index (Phi) is 6.42. The summed E-state index contributed by atoms with van der Waals surface area (Å²) in [6.45, 7) is 2.65. The number of benzene rings is 2. The first-order valence-electron chi connectivity index (χ1n) is 9.71. The fourth-order valence-corrected chi connectivity index (χ4v) is 4.00. The highest BCUT2D eigenvalue weighted by atomic mass is 16.5. The predicted molar refractivity (Wildman–Crippen MR) is 109 cm³/mol. The number of carbonyl (C=O) groups excluding carboxylic acids is 2. The molecular formula is C23H26O6. The molecule has 2 aromatic rings. The van der Waals surface area contributed by atoms with Gasteiger partial charge in [0.25, 0.3) is 0 Å². The molecule has 1 aliphatic carbocycles. The molecule has 0 bridgehead atoms. The maximum atomic E-state index is 11.7. The third-order valence-corrected chi connectivity index (χ3v) is 5.11. The minimum absolute atomic E-state index is 0.274. The van der Waals surface area contributed by atoms with E-state index in [0.29, 0.717) is 28.5 Å². The lowest BCUT2D eigenvalue weighted by Crippen LogP contribution is -2.08. The summed E-state index contributed by atoms with van der Waals surface area (Å²) in [6.07, 6.45) is 4.53. The van der Waals surface area contributed by atoms with Crippen molar-refractivity contribution in [3.05, 3.63) is 35.9 Å². The number of rotatable bonds is 6. The van der Waals surface area contributed by atoms with Gasteiger partial charge in [0, 0.05) is 13.8 Å². The molecule has 0 amide bonds. The van der Waals surface area contributed by atoms with E-state index >= 15 is 0 Å². The summed E-state index contributed by atoms with van der Waals surface area (Å²) < 4.78 is 22.4. The van der Waals surface area contributed by atoms with Crippen LogP contribution in [-0.2, 0) is 9.59 Å². The molecule has 0 aliphatic heterocycles. The highest BCUT2D eigenvalue weighted by Crippen LogP contribution is 2.51. The van der Waals surface area contributed by atoms with Gasteiger partial charge in [0.15, 0.2) is 0 Å². The van der Waals surface area contributed by atoms with Crippen molar-refractivity contribution in [2.24, 2.45) is 0 Å². The van der Waals surface area contributed by atoms with Crippen molar-refractivity contribution in [1.29, 1.82) is 0 Å². The molecule has 0 spiro atoms. The van der Waals surface area contributed by atoms with Crippen molar-refractivity contribution in [1.82, 2.24) is 0 Å². The van der Waals surface area contributed by atoms with E-state index < -0.39 is 11.9 Å². The van der Waals surface area contributed by atoms with Crippen LogP contribution in [0.4, 0.5) is 0 Å². The Hall–Kier alpha value is -3.02. The SMILES string of the molecule is COc1ccc(C2CCCC2)c(OC)c1-c1c(OC(C)=O)cccc1OC(C)=O. The van der Waals surface area contributed by atoms with E-state index in [2.05, 4.69) is 0 Å². The van der Waals surface area contributed by atoms with Crippen LogP contribution in [0.15, 0.2) is 30.3 Å². The van der Waals surface area contributed by atoms with E-state index in [0.717, 1.165) is 18.4 Å². The molecule has 29 heavy (non-hydrogen) atoms. The van der Waals surface area contributed by atoms with Crippen LogP contribution in [0, 0.1) is 0 Å². The van der Waals surface area contributed by atoms with Crippen molar-refractivity contribution in [3.63, 3.8) is 0 Å². The maximum Gasteiger partial charge on any atom is 0.308 e. The van der Waals surface area contributed by atoms with Crippen LogP contribution in [0.25, 0.3) is 11.1 Å². The van der Waals surface area contributed by atoms with E-state index in [1.54, 1.807) is 32.4 Å². The first kappa shape index (κ1) is 20.7. The molecule has 0 aromatic heterocycles. The lowest BCUT2D eigenvalue weighted by molar-refractivity contribution is -0.132. The molecule has 6 heteroatoms. The van der Waals surface area contributed by atoms with Crippen molar-refractivity contribution < 1.29 is 28.5 Å². The Bertz CT molecular complexity index is 878. The summed E-state index contributed by atoms with van der Waals surface area (Å²) in [5.74, 6) is 1.16. The topological polar surface area (TPSA) is 71.1 Å². The average molecular weight is 398 g/mol. The van der Waals surface area contributed by atoms with Crippen LogP contribution in [0.2, 0.25) is 0 Å². The molecule has 3 rings (SSSR count). The van der Waals surface area contributed by atoms with Gasteiger partial charge in [-0.25, -0.2) is 0 Å². The number of hydrogen-bond acceptors (Lipinski definition) is 6. The Morgan fingerprint density at radius 2 is 1.38 bits per heavy atom. The van der Waals surface area contributed by atoms with Crippen LogP contribution < -0.4 is 18.9 Å². The second kappa shape index (κ2) is 8.99. The summed E-state index contributed by atoms with van der Waals surface area (Å²) >= 11 is 0. The first-order chi connectivity index (χ1) is 14.0. The summed E-state index contributed by atoms with van der Waals surface area (Å²) in [5, 5.41) is 0. The van der Waals surface area contributed by atoms with E-state index in [-0.39, 0.29) is 11.5 Å². The standard InChI is InChI=1S/C23H26O6/c1-14(24)28-19-10-7-11-20(29-15(2)25)21(19)22-18(26-3)13-12-17(23(22)27-4)16-8-5-6-9-16/h7,10-13,16H,5-6,8-9H2,1-4H3. The number of ether oxygens (including phenoxy) is 4. The normalized spacial score (nSPS) is 13.8. The average Bonchev–Trinajstić information content (AvgIpc) is 3.21. The fourth-order valence-electron chi connectivity index (χ4n) is 4.00. The molecule has 0 N–H and O–H groups in total. The van der Waals surface area contributed by atoms with E-state index in [1.807, 2.05) is 12.1 Å². The van der Waals surface area contributed by atoms with Crippen molar-refractivity contribution in [2.45, 2.75) is 45.4 Å². The minimum atomic E-state index is -0.476. The molecule has 0 saturated heterocycles. The van der Waals surface area contributed by atoms with E-state index in [9.17, 15) is 9.59 Å². The Labute approximate surface area is 170 Å².